The molecule has 1 amide bonds. The second-order valence-corrected chi connectivity index (χ2v) is 6.41. The molecule has 0 N–H and O–H groups in total. The zero-order valence-electron chi connectivity index (χ0n) is 13.3. The van der Waals surface area contributed by atoms with Crippen molar-refractivity contribution < 1.29 is 19.1 Å². The van der Waals surface area contributed by atoms with Crippen molar-refractivity contribution >= 4 is 40.2 Å². The standard InChI is InChI=1S/C17H15N3O4S/c1-11(13-8-5-9-24-13)18-19-17-20(12-6-3-2-4-7-12)16(23)14(25-17)10-15(21)22/h2-9,14H,10H2,1H3,(H,21,22)/p-1/b18-11-,19-17-/t14-/m0/s1. The maximum absolute atomic E-state index is 12.6. The molecular weight excluding hydrogens is 342 g/mol. The van der Waals surface area contributed by atoms with Gasteiger partial charge in [0.25, 0.3) is 0 Å². The highest BCUT2D eigenvalue weighted by atomic mass is 32.2. The number of hydrogen-bond donors (Lipinski definition) is 0. The summed E-state index contributed by atoms with van der Waals surface area (Å²) in [4.78, 5) is 24.9. The number of hydrogen-bond acceptors (Lipinski definition) is 7. The number of amides is 1. The summed E-state index contributed by atoms with van der Waals surface area (Å²) >= 11 is 1.06. The molecule has 25 heavy (non-hydrogen) atoms. The van der Waals surface area contributed by atoms with Crippen LogP contribution in [0.25, 0.3) is 0 Å². The zero-order valence-corrected chi connectivity index (χ0v) is 14.1. The van der Waals surface area contributed by atoms with Gasteiger partial charge < -0.3 is 14.3 Å². The van der Waals surface area contributed by atoms with Gasteiger partial charge in [-0.05, 0) is 31.2 Å². The summed E-state index contributed by atoms with van der Waals surface area (Å²) in [6.45, 7) is 1.73. The van der Waals surface area contributed by atoms with E-state index in [1.165, 1.54) is 11.2 Å². The van der Waals surface area contributed by atoms with Gasteiger partial charge in [-0.15, -0.1) is 10.2 Å². The average Bonchev–Trinajstić information content (AvgIpc) is 3.22. The molecular formula is C17H14N3O4S-. The molecule has 1 fully saturated rings. The number of carbonyl (C=O) groups excluding carboxylic acids is 2. The van der Waals surface area contributed by atoms with Crippen LogP contribution in [-0.2, 0) is 9.59 Å². The topological polar surface area (TPSA) is 98.3 Å². The lowest BCUT2D eigenvalue weighted by Gasteiger charge is -2.15. The van der Waals surface area contributed by atoms with Gasteiger partial charge in [0.2, 0.25) is 5.91 Å². The highest BCUT2D eigenvalue weighted by Crippen LogP contribution is 2.33. The van der Waals surface area contributed by atoms with E-state index in [1.807, 2.05) is 6.07 Å². The molecule has 7 nitrogen and oxygen atoms in total. The van der Waals surface area contributed by atoms with Gasteiger partial charge in [-0.25, -0.2) is 0 Å². The van der Waals surface area contributed by atoms with E-state index in [9.17, 15) is 14.7 Å². The Bertz CT molecular complexity index is 831. The number of anilines is 1. The van der Waals surface area contributed by atoms with Crippen LogP contribution in [-0.4, -0.2) is 28.0 Å². The van der Waals surface area contributed by atoms with Crippen molar-refractivity contribution in [3.8, 4) is 0 Å². The van der Waals surface area contributed by atoms with E-state index in [-0.39, 0.29) is 12.3 Å². The normalized spacial score (nSPS) is 19.6. The van der Waals surface area contributed by atoms with Crippen molar-refractivity contribution in [2.45, 2.75) is 18.6 Å². The Balaban J connectivity index is 1.94. The van der Waals surface area contributed by atoms with Crippen molar-refractivity contribution in [1.29, 1.82) is 0 Å². The summed E-state index contributed by atoms with van der Waals surface area (Å²) in [6, 6.07) is 12.4. The number of amidine groups is 1. The molecule has 1 atom stereocenters. The summed E-state index contributed by atoms with van der Waals surface area (Å²) < 4.78 is 5.24. The van der Waals surface area contributed by atoms with Crippen LogP contribution in [0.5, 0.6) is 0 Å². The molecule has 0 spiro atoms. The number of rotatable bonds is 5. The predicted molar refractivity (Wildman–Crippen MR) is 93.3 cm³/mol. The first-order valence-corrected chi connectivity index (χ1v) is 8.36. The third-order valence-corrected chi connectivity index (χ3v) is 4.59. The number of para-hydroxylation sites is 1. The largest absolute Gasteiger partial charge is 0.550 e. The Kier molecular flexibility index (Phi) is 4.99. The first-order chi connectivity index (χ1) is 12.1. The Morgan fingerprint density at radius 1 is 1.28 bits per heavy atom. The maximum atomic E-state index is 12.6. The predicted octanol–water partition coefficient (Wildman–Crippen LogP) is 1.65. The molecule has 0 aliphatic carbocycles. The van der Waals surface area contributed by atoms with Gasteiger partial charge in [-0.3, -0.25) is 9.69 Å². The van der Waals surface area contributed by atoms with Crippen molar-refractivity contribution in [3.63, 3.8) is 0 Å². The number of carboxylic acid groups (broad SMARTS) is 1. The molecule has 1 aliphatic rings. The molecule has 2 aromatic rings. The van der Waals surface area contributed by atoms with Gasteiger partial charge in [0, 0.05) is 12.4 Å². The van der Waals surface area contributed by atoms with Crippen molar-refractivity contribution in [3.05, 3.63) is 54.5 Å². The lowest BCUT2D eigenvalue weighted by atomic mass is 10.2. The summed E-state index contributed by atoms with van der Waals surface area (Å²) in [5.74, 6) is -1.07. The average molecular weight is 356 g/mol. The van der Waals surface area contributed by atoms with Crippen LogP contribution < -0.4 is 10.0 Å². The lowest BCUT2D eigenvalue weighted by Crippen LogP contribution is -2.35. The van der Waals surface area contributed by atoms with Crippen molar-refractivity contribution in [1.82, 2.24) is 0 Å². The first-order valence-electron chi connectivity index (χ1n) is 7.48. The summed E-state index contributed by atoms with van der Waals surface area (Å²) in [7, 11) is 0. The monoisotopic (exact) mass is 356 g/mol. The number of benzene rings is 1. The van der Waals surface area contributed by atoms with E-state index in [4.69, 9.17) is 4.42 Å². The van der Waals surface area contributed by atoms with Crippen molar-refractivity contribution in [2.75, 3.05) is 4.90 Å². The number of furan rings is 1. The van der Waals surface area contributed by atoms with Gasteiger partial charge in [-0.2, -0.15) is 0 Å². The molecule has 0 bridgehead atoms. The highest BCUT2D eigenvalue weighted by molar-refractivity contribution is 8.16. The number of aliphatic carboxylic acids is 1. The molecule has 1 saturated heterocycles. The fraction of sp³-hybridized carbons (Fsp3) is 0.176. The van der Waals surface area contributed by atoms with Crippen molar-refractivity contribution in [2.24, 2.45) is 10.2 Å². The van der Waals surface area contributed by atoms with Crippen LogP contribution in [0.2, 0.25) is 0 Å². The fourth-order valence-corrected chi connectivity index (χ4v) is 3.35. The van der Waals surface area contributed by atoms with Gasteiger partial charge >= 0.3 is 0 Å². The maximum Gasteiger partial charge on any atom is 0.247 e. The summed E-state index contributed by atoms with van der Waals surface area (Å²) in [5, 5.41) is 18.7. The van der Waals surface area contributed by atoms with E-state index in [0.29, 0.717) is 22.3 Å². The van der Waals surface area contributed by atoms with E-state index >= 15 is 0 Å². The Labute approximate surface area is 148 Å². The molecule has 1 aromatic heterocycles. The van der Waals surface area contributed by atoms with Gasteiger partial charge in [0.05, 0.1) is 17.2 Å². The lowest BCUT2D eigenvalue weighted by molar-refractivity contribution is -0.305. The minimum Gasteiger partial charge on any atom is -0.550 e. The number of carboxylic acids is 1. The SMILES string of the molecule is C/C(=N/N=C1\S[C@@H](CC(=O)[O-])C(=O)N1c1ccccc1)c1ccco1. The van der Waals surface area contributed by atoms with E-state index in [2.05, 4.69) is 10.2 Å². The second-order valence-electron chi connectivity index (χ2n) is 5.24. The minimum absolute atomic E-state index is 0.313. The smallest absolute Gasteiger partial charge is 0.247 e. The molecule has 3 rings (SSSR count). The van der Waals surface area contributed by atoms with Crippen LogP contribution in [0.15, 0.2) is 63.3 Å². The zero-order chi connectivity index (χ0) is 17.8. The quantitative estimate of drug-likeness (QED) is 0.599. The molecule has 1 aromatic carbocycles. The molecule has 2 heterocycles. The molecule has 0 unspecified atom stereocenters. The van der Waals surface area contributed by atoms with Crippen LogP contribution >= 0.6 is 11.8 Å². The highest BCUT2D eigenvalue weighted by Gasteiger charge is 2.39. The summed E-state index contributed by atoms with van der Waals surface area (Å²) in [5.41, 5.74) is 1.15. The van der Waals surface area contributed by atoms with E-state index in [1.54, 1.807) is 43.3 Å². The molecule has 8 heteroatoms. The first kappa shape index (κ1) is 17.0. The molecule has 1 aliphatic heterocycles. The Hall–Kier alpha value is -2.87. The van der Waals surface area contributed by atoms with E-state index in [0.717, 1.165) is 11.8 Å². The third kappa shape index (κ3) is 3.80. The van der Waals surface area contributed by atoms with Crippen LogP contribution in [0.3, 0.4) is 0 Å². The third-order valence-electron chi connectivity index (χ3n) is 3.46. The van der Waals surface area contributed by atoms with Gasteiger partial charge in [0.15, 0.2) is 5.17 Å². The number of carbonyl (C=O) groups is 2. The van der Waals surface area contributed by atoms with Crippen LogP contribution in [0, 0.1) is 0 Å². The van der Waals surface area contributed by atoms with Gasteiger partial charge in [0.1, 0.15) is 11.5 Å². The second kappa shape index (κ2) is 7.35. The number of thioether (sulfide) groups is 1. The van der Waals surface area contributed by atoms with Gasteiger partial charge in [-0.1, -0.05) is 30.0 Å². The van der Waals surface area contributed by atoms with Crippen LogP contribution in [0.1, 0.15) is 19.1 Å². The molecule has 0 saturated carbocycles. The Morgan fingerprint density at radius 3 is 2.68 bits per heavy atom. The van der Waals surface area contributed by atoms with E-state index < -0.39 is 11.2 Å². The Morgan fingerprint density at radius 2 is 2.04 bits per heavy atom. The minimum atomic E-state index is -1.28. The number of nitrogens with zero attached hydrogens (tertiary/aromatic N) is 3. The molecule has 0 radical (unpaired) electrons. The fourth-order valence-electron chi connectivity index (χ4n) is 2.28. The molecule has 128 valence electrons. The van der Waals surface area contributed by atoms with Crippen LogP contribution in [0.4, 0.5) is 5.69 Å². The summed E-state index contributed by atoms with van der Waals surface area (Å²) in [6.07, 6.45) is 1.15.